The lowest BCUT2D eigenvalue weighted by Crippen LogP contribution is -2.34. The van der Waals surface area contributed by atoms with Crippen LogP contribution in [-0.4, -0.2) is 12.6 Å². The van der Waals surface area contributed by atoms with E-state index in [0.29, 0.717) is 11.5 Å². The normalized spacial score (nSPS) is 24.2. The molecule has 17 heavy (non-hydrogen) atoms. The molecule has 1 aromatic rings. The topological polar surface area (TPSA) is 27.0 Å². The molecule has 0 radical (unpaired) electrons. The van der Waals surface area contributed by atoms with Crippen LogP contribution in [0.2, 0.25) is 0 Å². The Morgan fingerprint density at radius 1 is 1.41 bits per heavy atom. The van der Waals surface area contributed by atoms with Crippen molar-refractivity contribution in [3.05, 3.63) is 29.8 Å². The zero-order valence-corrected chi connectivity index (χ0v) is 10.3. The van der Waals surface area contributed by atoms with E-state index in [-0.39, 0.29) is 0 Å². The minimum atomic E-state index is 0.306. The Morgan fingerprint density at radius 3 is 2.88 bits per heavy atom. The van der Waals surface area contributed by atoms with Gasteiger partial charge in [-0.05, 0) is 37.8 Å². The van der Waals surface area contributed by atoms with Crippen LogP contribution in [0.3, 0.4) is 0 Å². The predicted molar refractivity (Wildman–Crippen MR) is 68.9 cm³/mol. The van der Waals surface area contributed by atoms with Crippen LogP contribution in [0.1, 0.15) is 31.7 Å². The standard InChI is InChI=1S/C15H18N2/c1-12-10-13-4-2-3-5-14(13)17(12)11-15(6-7-15)8-9-16/h2-5,12H,6-8,10-11H2,1H3. The molecule has 0 amide bonds. The van der Waals surface area contributed by atoms with Gasteiger partial charge in [-0.25, -0.2) is 0 Å². The number of rotatable bonds is 3. The van der Waals surface area contributed by atoms with Crippen LogP contribution >= 0.6 is 0 Å². The van der Waals surface area contributed by atoms with Gasteiger partial charge in [0.2, 0.25) is 0 Å². The lowest BCUT2D eigenvalue weighted by atomic mass is 10.0. The first kappa shape index (κ1) is 10.7. The number of hydrogen-bond donors (Lipinski definition) is 0. The van der Waals surface area contributed by atoms with Crippen molar-refractivity contribution < 1.29 is 0 Å². The molecule has 2 aliphatic rings. The smallest absolute Gasteiger partial charge is 0.0628 e. The van der Waals surface area contributed by atoms with Crippen molar-refractivity contribution in [3.63, 3.8) is 0 Å². The predicted octanol–water partition coefficient (Wildman–Crippen LogP) is 3.13. The van der Waals surface area contributed by atoms with Crippen LogP contribution < -0.4 is 4.90 Å². The van der Waals surface area contributed by atoms with Crippen molar-refractivity contribution in [1.82, 2.24) is 0 Å². The Kier molecular flexibility index (Phi) is 2.36. The molecule has 1 unspecified atom stereocenters. The van der Waals surface area contributed by atoms with E-state index in [2.05, 4.69) is 42.2 Å². The number of nitriles is 1. The van der Waals surface area contributed by atoms with Crippen LogP contribution in [0.4, 0.5) is 5.69 Å². The molecule has 0 bridgehead atoms. The Bertz CT molecular complexity index is 468. The van der Waals surface area contributed by atoms with Gasteiger partial charge in [-0.1, -0.05) is 18.2 Å². The number of para-hydroxylation sites is 1. The zero-order valence-electron chi connectivity index (χ0n) is 10.3. The molecule has 1 atom stereocenters. The average molecular weight is 226 g/mol. The molecule has 0 aromatic heterocycles. The summed E-state index contributed by atoms with van der Waals surface area (Å²) in [5, 5.41) is 8.91. The highest BCUT2D eigenvalue weighted by Crippen LogP contribution is 2.50. The highest BCUT2D eigenvalue weighted by molar-refractivity contribution is 5.59. The Hall–Kier alpha value is -1.49. The zero-order chi connectivity index (χ0) is 11.9. The molecule has 1 heterocycles. The molecule has 88 valence electrons. The number of anilines is 1. The molecule has 3 rings (SSSR count). The van der Waals surface area contributed by atoms with E-state index in [4.69, 9.17) is 5.26 Å². The fourth-order valence-corrected chi connectivity index (χ4v) is 2.97. The number of fused-ring (bicyclic) bond motifs is 1. The second kappa shape index (κ2) is 3.77. The summed E-state index contributed by atoms with van der Waals surface area (Å²) in [7, 11) is 0. The summed E-state index contributed by atoms with van der Waals surface area (Å²) < 4.78 is 0. The molecule has 1 fully saturated rings. The fraction of sp³-hybridized carbons (Fsp3) is 0.533. The summed E-state index contributed by atoms with van der Waals surface area (Å²) in [6.45, 7) is 3.36. The third-order valence-electron chi connectivity index (χ3n) is 4.27. The van der Waals surface area contributed by atoms with Crippen molar-refractivity contribution in [1.29, 1.82) is 5.26 Å². The summed E-state index contributed by atoms with van der Waals surface area (Å²) in [6, 6.07) is 11.6. The third kappa shape index (κ3) is 1.80. The minimum absolute atomic E-state index is 0.306. The maximum atomic E-state index is 8.91. The van der Waals surface area contributed by atoms with E-state index < -0.39 is 0 Å². The monoisotopic (exact) mass is 226 g/mol. The maximum Gasteiger partial charge on any atom is 0.0628 e. The molecular formula is C15H18N2. The van der Waals surface area contributed by atoms with Gasteiger partial charge in [-0.15, -0.1) is 0 Å². The first-order valence-corrected chi connectivity index (χ1v) is 6.46. The SMILES string of the molecule is CC1Cc2ccccc2N1CC1(CC#N)CC1. The highest BCUT2D eigenvalue weighted by Gasteiger charge is 2.45. The van der Waals surface area contributed by atoms with Gasteiger partial charge in [0.05, 0.1) is 6.07 Å². The van der Waals surface area contributed by atoms with Gasteiger partial charge in [0.25, 0.3) is 0 Å². The first-order valence-electron chi connectivity index (χ1n) is 6.46. The summed E-state index contributed by atoms with van der Waals surface area (Å²) in [4.78, 5) is 2.51. The van der Waals surface area contributed by atoms with Gasteiger partial charge in [-0.2, -0.15) is 5.26 Å². The minimum Gasteiger partial charge on any atom is -0.368 e. The van der Waals surface area contributed by atoms with Crippen molar-refractivity contribution >= 4 is 5.69 Å². The summed E-state index contributed by atoms with van der Waals surface area (Å²) in [5.74, 6) is 0. The van der Waals surface area contributed by atoms with E-state index in [9.17, 15) is 0 Å². The second-order valence-corrected chi connectivity index (χ2v) is 5.64. The molecule has 1 aliphatic heterocycles. The summed E-state index contributed by atoms with van der Waals surface area (Å²) >= 11 is 0. The van der Waals surface area contributed by atoms with Gasteiger partial charge in [0.1, 0.15) is 0 Å². The van der Waals surface area contributed by atoms with E-state index in [1.807, 2.05) is 0 Å². The fourth-order valence-electron chi connectivity index (χ4n) is 2.97. The van der Waals surface area contributed by atoms with Gasteiger partial charge in [-0.3, -0.25) is 0 Å². The Labute approximate surface area is 103 Å². The molecule has 1 aliphatic carbocycles. The lowest BCUT2D eigenvalue weighted by molar-refractivity contribution is 0.489. The van der Waals surface area contributed by atoms with Crippen molar-refractivity contribution in [3.8, 4) is 6.07 Å². The van der Waals surface area contributed by atoms with Crippen LogP contribution in [0.25, 0.3) is 0 Å². The molecule has 1 aromatic carbocycles. The largest absolute Gasteiger partial charge is 0.368 e. The molecule has 0 spiro atoms. The van der Waals surface area contributed by atoms with E-state index >= 15 is 0 Å². The number of nitrogens with zero attached hydrogens (tertiary/aromatic N) is 2. The van der Waals surface area contributed by atoms with E-state index in [0.717, 1.165) is 19.4 Å². The first-order chi connectivity index (χ1) is 8.24. The van der Waals surface area contributed by atoms with Crippen molar-refractivity contribution in [2.75, 3.05) is 11.4 Å². The Morgan fingerprint density at radius 2 is 2.18 bits per heavy atom. The van der Waals surface area contributed by atoms with Crippen LogP contribution in [0.15, 0.2) is 24.3 Å². The number of benzene rings is 1. The van der Waals surface area contributed by atoms with Gasteiger partial charge in [0, 0.05) is 30.1 Å². The van der Waals surface area contributed by atoms with Crippen LogP contribution in [-0.2, 0) is 6.42 Å². The Balaban J connectivity index is 1.82. The molecule has 1 saturated carbocycles. The summed E-state index contributed by atoms with van der Waals surface area (Å²) in [6.07, 6.45) is 4.33. The van der Waals surface area contributed by atoms with E-state index in [1.165, 1.54) is 24.1 Å². The number of hydrogen-bond acceptors (Lipinski definition) is 2. The average Bonchev–Trinajstić information content (AvgIpc) is 3.00. The quantitative estimate of drug-likeness (QED) is 0.791. The van der Waals surface area contributed by atoms with Gasteiger partial charge in [0.15, 0.2) is 0 Å². The molecular weight excluding hydrogens is 208 g/mol. The van der Waals surface area contributed by atoms with Crippen molar-refractivity contribution in [2.24, 2.45) is 5.41 Å². The lowest BCUT2D eigenvalue weighted by Gasteiger charge is -2.28. The highest BCUT2D eigenvalue weighted by atomic mass is 15.2. The molecule has 2 nitrogen and oxygen atoms in total. The van der Waals surface area contributed by atoms with Crippen molar-refractivity contribution in [2.45, 2.75) is 38.6 Å². The van der Waals surface area contributed by atoms with Crippen LogP contribution in [0, 0.1) is 16.7 Å². The third-order valence-corrected chi connectivity index (χ3v) is 4.27. The van der Waals surface area contributed by atoms with Gasteiger partial charge >= 0.3 is 0 Å². The van der Waals surface area contributed by atoms with Gasteiger partial charge < -0.3 is 4.90 Å². The molecule has 0 saturated heterocycles. The molecule has 0 N–H and O–H groups in total. The second-order valence-electron chi connectivity index (χ2n) is 5.64. The van der Waals surface area contributed by atoms with E-state index in [1.54, 1.807) is 0 Å². The molecule has 2 heteroatoms. The summed E-state index contributed by atoms with van der Waals surface area (Å²) in [5.41, 5.74) is 3.16. The van der Waals surface area contributed by atoms with Crippen LogP contribution in [0.5, 0.6) is 0 Å². The maximum absolute atomic E-state index is 8.91.